The van der Waals surface area contributed by atoms with Crippen LogP contribution in [0.3, 0.4) is 0 Å². The number of hydrogen-bond acceptors (Lipinski definition) is 1. The molecule has 0 aliphatic heterocycles. The molecule has 0 bridgehead atoms. The van der Waals surface area contributed by atoms with Crippen LogP contribution in [0.2, 0.25) is 5.02 Å². The van der Waals surface area contributed by atoms with Crippen molar-refractivity contribution in [2.24, 2.45) is 0 Å². The van der Waals surface area contributed by atoms with Crippen LogP contribution in [0.1, 0.15) is 18.1 Å². The van der Waals surface area contributed by atoms with E-state index in [2.05, 4.69) is 0 Å². The van der Waals surface area contributed by atoms with Crippen molar-refractivity contribution in [3.8, 4) is 5.75 Å². The average Bonchev–Trinajstić information content (AvgIpc) is 1.99. The van der Waals surface area contributed by atoms with Crippen LogP contribution in [-0.2, 0) is 6.42 Å². The Morgan fingerprint density at radius 2 is 2.09 bits per heavy atom. The van der Waals surface area contributed by atoms with Crippen molar-refractivity contribution in [2.75, 3.05) is 0 Å². The monoisotopic (exact) mass is 170 g/mol. The number of aryl methyl sites for hydroxylation is 1. The van der Waals surface area contributed by atoms with Crippen LogP contribution in [0.4, 0.5) is 0 Å². The molecule has 0 fully saturated rings. The van der Waals surface area contributed by atoms with Crippen molar-refractivity contribution < 1.29 is 5.11 Å². The standard InChI is InChI=1S/C9H11ClO/c1-3-7-4-8(10)6(2)9(11)5-7/h4-5,11H,3H2,1-2H3. The van der Waals surface area contributed by atoms with Crippen LogP contribution in [0.5, 0.6) is 5.75 Å². The second kappa shape index (κ2) is 3.14. The number of phenolic OH excluding ortho intramolecular Hbond substituents is 1. The molecule has 1 N–H and O–H groups in total. The number of phenols is 1. The molecule has 0 atom stereocenters. The maximum Gasteiger partial charge on any atom is 0.120 e. The van der Waals surface area contributed by atoms with Crippen molar-refractivity contribution in [1.29, 1.82) is 0 Å². The molecular formula is C9H11ClO. The van der Waals surface area contributed by atoms with Crippen molar-refractivity contribution >= 4 is 11.6 Å². The second-order valence-corrected chi connectivity index (χ2v) is 2.98. The van der Waals surface area contributed by atoms with Crippen LogP contribution in [0, 0.1) is 6.92 Å². The molecule has 0 radical (unpaired) electrons. The van der Waals surface area contributed by atoms with Crippen LogP contribution in [0.15, 0.2) is 12.1 Å². The lowest BCUT2D eigenvalue weighted by molar-refractivity contribution is 0.470. The number of halogens is 1. The lowest BCUT2D eigenvalue weighted by Crippen LogP contribution is -1.83. The molecule has 1 rings (SSSR count). The minimum atomic E-state index is 0.286. The van der Waals surface area contributed by atoms with Gasteiger partial charge in [0.2, 0.25) is 0 Å². The summed E-state index contributed by atoms with van der Waals surface area (Å²) in [5.41, 5.74) is 1.82. The lowest BCUT2D eigenvalue weighted by atomic mass is 10.1. The molecule has 0 amide bonds. The molecule has 1 aromatic rings. The van der Waals surface area contributed by atoms with Crippen molar-refractivity contribution in [3.63, 3.8) is 0 Å². The SMILES string of the molecule is CCc1cc(O)c(C)c(Cl)c1. The number of benzene rings is 1. The van der Waals surface area contributed by atoms with Gasteiger partial charge in [-0.3, -0.25) is 0 Å². The van der Waals surface area contributed by atoms with Gasteiger partial charge in [-0.25, -0.2) is 0 Å². The van der Waals surface area contributed by atoms with Crippen molar-refractivity contribution in [3.05, 3.63) is 28.3 Å². The summed E-state index contributed by atoms with van der Waals surface area (Å²) in [5.74, 6) is 0.286. The van der Waals surface area contributed by atoms with E-state index in [1.54, 1.807) is 13.0 Å². The smallest absolute Gasteiger partial charge is 0.120 e. The fourth-order valence-electron chi connectivity index (χ4n) is 0.923. The molecule has 0 unspecified atom stereocenters. The summed E-state index contributed by atoms with van der Waals surface area (Å²) >= 11 is 5.84. The van der Waals surface area contributed by atoms with E-state index in [0.717, 1.165) is 17.5 Å². The predicted octanol–water partition coefficient (Wildman–Crippen LogP) is 2.92. The zero-order valence-corrected chi connectivity index (χ0v) is 7.44. The van der Waals surface area contributed by atoms with Crippen LogP contribution in [0.25, 0.3) is 0 Å². The summed E-state index contributed by atoms with van der Waals surface area (Å²) in [6.45, 7) is 3.83. The Hall–Kier alpha value is -0.690. The van der Waals surface area contributed by atoms with Gasteiger partial charge in [-0.15, -0.1) is 0 Å². The third-order valence-electron chi connectivity index (χ3n) is 1.78. The van der Waals surface area contributed by atoms with E-state index in [4.69, 9.17) is 11.6 Å². The molecule has 0 spiro atoms. The van der Waals surface area contributed by atoms with Gasteiger partial charge < -0.3 is 5.11 Å². The molecule has 0 saturated carbocycles. The quantitative estimate of drug-likeness (QED) is 0.687. The Morgan fingerprint density at radius 1 is 1.45 bits per heavy atom. The van der Waals surface area contributed by atoms with Crippen molar-refractivity contribution in [1.82, 2.24) is 0 Å². The summed E-state index contributed by atoms with van der Waals surface area (Å²) in [6.07, 6.45) is 0.896. The van der Waals surface area contributed by atoms with Crippen LogP contribution < -0.4 is 0 Å². The maximum atomic E-state index is 9.33. The van der Waals surface area contributed by atoms with E-state index in [9.17, 15) is 5.11 Å². The molecule has 60 valence electrons. The Morgan fingerprint density at radius 3 is 2.55 bits per heavy atom. The Balaban J connectivity index is 3.21. The summed E-state index contributed by atoms with van der Waals surface area (Å²) < 4.78 is 0. The number of rotatable bonds is 1. The van der Waals surface area contributed by atoms with Crippen molar-refractivity contribution in [2.45, 2.75) is 20.3 Å². The van der Waals surface area contributed by atoms with E-state index in [1.807, 2.05) is 13.0 Å². The zero-order chi connectivity index (χ0) is 8.43. The Bertz CT molecular complexity index is 245. The van der Waals surface area contributed by atoms with Gasteiger partial charge in [-0.2, -0.15) is 0 Å². The summed E-state index contributed by atoms with van der Waals surface area (Å²) in [7, 11) is 0. The van der Waals surface area contributed by atoms with Gasteiger partial charge >= 0.3 is 0 Å². The highest BCUT2D eigenvalue weighted by Crippen LogP contribution is 2.26. The second-order valence-electron chi connectivity index (χ2n) is 2.58. The van der Waals surface area contributed by atoms with E-state index in [0.29, 0.717) is 5.02 Å². The van der Waals surface area contributed by atoms with E-state index in [-0.39, 0.29) is 5.75 Å². The van der Waals surface area contributed by atoms with E-state index in [1.165, 1.54) is 0 Å². The predicted molar refractivity (Wildman–Crippen MR) is 47.2 cm³/mol. The van der Waals surface area contributed by atoms with Gasteiger partial charge in [0.1, 0.15) is 5.75 Å². The fourth-order valence-corrected chi connectivity index (χ4v) is 1.16. The number of hydrogen-bond donors (Lipinski definition) is 1. The lowest BCUT2D eigenvalue weighted by Gasteiger charge is -2.03. The van der Waals surface area contributed by atoms with E-state index >= 15 is 0 Å². The van der Waals surface area contributed by atoms with Gasteiger partial charge in [-0.1, -0.05) is 18.5 Å². The van der Waals surface area contributed by atoms with Crippen LogP contribution >= 0.6 is 11.6 Å². The highest BCUT2D eigenvalue weighted by molar-refractivity contribution is 6.31. The minimum Gasteiger partial charge on any atom is -0.508 e. The maximum absolute atomic E-state index is 9.33. The van der Waals surface area contributed by atoms with Gasteiger partial charge in [0.25, 0.3) is 0 Å². The average molecular weight is 171 g/mol. The molecule has 0 saturated heterocycles. The fraction of sp³-hybridized carbons (Fsp3) is 0.333. The largest absolute Gasteiger partial charge is 0.508 e. The highest BCUT2D eigenvalue weighted by atomic mass is 35.5. The molecule has 11 heavy (non-hydrogen) atoms. The molecule has 2 heteroatoms. The van der Waals surface area contributed by atoms with Gasteiger partial charge in [0, 0.05) is 10.6 Å². The van der Waals surface area contributed by atoms with Crippen LogP contribution in [-0.4, -0.2) is 5.11 Å². The molecular weight excluding hydrogens is 160 g/mol. The third-order valence-corrected chi connectivity index (χ3v) is 2.18. The molecule has 0 aliphatic carbocycles. The van der Waals surface area contributed by atoms with E-state index < -0.39 is 0 Å². The number of aromatic hydroxyl groups is 1. The zero-order valence-electron chi connectivity index (χ0n) is 6.69. The molecule has 0 heterocycles. The Kier molecular flexibility index (Phi) is 2.40. The third kappa shape index (κ3) is 1.66. The first-order valence-corrected chi connectivity index (χ1v) is 4.01. The van der Waals surface area contributed by atoms with Gasteiger partial charge in [-0.05, 0) is 31.0 Å². The highest BCUT2D eigenvalue weighted by Gasteiger charge is 2.02. The summed E-state index contributed by atoms with van der Waals surface area (Å²) in [4.78, 5) is 0. The molecule has 1 nitrogen and oxygen atoms in total. The summed E-state index contributed by atoms with van der Waals surface area (Å²) in [6, 6.07) is 3.64. The topological polar surface area (TPSA) is 20.2 Å². The van der Waals surface area contributed by atoms with Gasteiger partial charge in [0.15, 0.2) is 0 Å². The first kappa shape index (κ1) is 8.41. The summed E-state index contributed by atoms with van der Waals surface area (Å²) in [5, 5.41) is 9.97. The molecule has 1 aromatic carbocycles. The minimum absolute atomic E-state index is 0.286. The first-order chi connectivity index (χ1) is 5.15. The molecule has 0 aliphatic rings. The first-order valence-electron chi connectivity index (χ1n) is 3.63. The molecule has 0 aromatic heterocycles. The van der Waals surface area contributed by atoms with Gasteiger partial charge in [0.05, 0.1) is 0 Å². The normalized spacial score (nSPS) is 10.1. The Labute approximate surface area is 71.6 Å².